The lowest BCUT2D eigenvalue weighted by atomic mass is 9.79. The first-order valence-electron chi connectivity index (χ1n) is 6.62. The summed E-state index contributed by atoms with van der Waals surface area (Å²) in [6.07, 6.45) is 0. The fourth-order valence-electron chi connectivity index (χ4n) is 2.92. The Morgan fingerprint density at radius 3 is 2.67 bits per heavy atom. The Hall–Kier alpha value is -2.56. The van der Waals surface area contributed by atoms with E-state index in [-0.39, 0.29) is 0 Å². The molecular formula is C16H15NO4. The molecule has 0 aliphatic carbocycles. The van der Waals surface area contributed by atoms with E-state index in [4.69, 9.17) is 9.47 Å². The summed E-state index contributed by atoms with van der Waals surface area (Å²) in [6.45, 7) is 3.60. The summed E-state index contributed by atoms with van der Waals surface area (Å²) in [5, 5.41) is 3.06. The van der Waals surface area contributed by atoms with E-state index in [1.54, 1.807) is 26.0 Å². The third-order valence-electron chi connectivity index (χ3n) is 3.82. The molecule has 1 atom stereocenters. The molecule has 0 fully saturated rings. The standard InChI is InChI=1S/C16H15NO4/c1-8-12(15(18)20-3)14-10-6-4-5-7-11(10)21-16(19)13(14)9(2)17-8/h4-7,14,17H,1-3H3/t14-/m1/s1. The Morgan fingerprint density at radius 2 is 1.95 bits per heavy atom. The van der Waals surface area contributed by atoms with E-state index in [1.807, 2.05) is 12.1 Å². The van der Waals surface area contributed by atoms with Crippen LogP contribution in [0.1, 0.15) is 25.3 Å². The van der Waals surface area contributed by atoms with E-state index in [9.17, 15) is 9.59 Å². The van der Waals surface area contributed by atoms with Crippen molar-refractivity contribution in [3.8, 4) is 5.75 Å². The Morgan fingerprint density at radius 1 is 1.24 bits per heavy atom. The Kier molecular flexibility index (Phi) is 3.05. The molecule has 108 valence electrons. The number of nitrogens with one attached hydrogen (secondary N) is 1. The number of dihydropyridines is 1. The van der Waals surface area contributed by atoms with Crippen LogP contribution in [0.3, 0.4) is 0 Å². The van der Waals surface area contributed by atoms with Crippen molar-refractivity contribution in [1.29, 1.82) is 0 Å². The molecule has 2 aliphatic heterocycles. The molecule has 1 aromatic rings. The number of carbonyl (C=O) groups is 2. The number of rotatable bonds is 1. The number of benzene rings is 1. The second kappa shape index (κ2) is 4.77. The molecule has 2 aliphatic rings. The molecule has 0 radical (unpaired) electrons. The lowest BCUT2D eigenvalue weighted by Crippen LogP contribution is -2.35. The summed E-state index contributed by atoms with van der Waals surface area (Å²) in [6, 6.07) is 7.24. The molecule has 21 heavy (non-hydrogen) atoms. The van der Waals surface area contributed by atoms with E-state index >= 15 is 0 Å². The van der Waals surface area contributed by atoms with Crippen LogP contribution in [-0.2, 0) is 14.3 Å². The van der Waals surface area contributed by atoms with Crippen molar-refractivity contribution in [2.24, 2.45) is 0 Å². The van der Waals surface area contributed by atoms with Crippen LogP contribution in [0.15, 0.2) is 46.8 Å². The topological polar surface area (TPSA) is 64.6 Å². The zero-order valence-electron chi connectivity index (χ0n) is 12.0. The number of methoxy groups -OCH3 is 1. The summed E-state index contributed by atoms with van der Waals surface area (Å²) in [4.78, 5) is 24.4. The zero-order chi connectivity index (χ0) is 15.1. The molecule has 5 heteroatoms. The van der Waals surface area contributed by atoms with Gasteiger partial charge in [-0.2, -0.15) is 0 Å². The molecule has 0 saturated heterocycles. The van der Waals surface area contributed by atoms with E-state index in [2.05, 4.69) is 5.32 Å². The molecule has 0 aromatic heterocycles. The Balaban J connectivity index is 2.26. The first-order valence-corrected chi connectivity index (χ1v) is 6.62. The van der Waals surface area contributed by atoms with Crippen molar-refractivity contribution in [3.63, 3.8) is 0 Å². The number of esters is 2. The van der Waals surface area contributed by atoms with Crippen molar-refractivity contribution in [1.82, 2.24) is 5.32 Å². The van der Waals surface area contributed by atoms with Gasteiger partial charge in [-0.3, -0.25) is 0 Å². The van der Waals surface area contributed by atoms with Crippen molar-refractivity contribution in [2.75, 3.05) is 7.11 Å². The smallest absolute Gasteiger partial charge is 0.342 e. The maximum absolute atomic E-state index is 12.3. The first-order chi connectivity index (χ1) is 10.0. The third-order valence-corrected chi connectivity index (χ3v) is 3.82. The average molecular weight is 285 g/mol. The molecule has 5 nitrogen and oxygen atoms in total. The van der Waals surface area contributed by atoms with Gasteiger partial charge in [0.25, 0.3) is 0 Å². The summed E-state index contributed by atoms with van der Waals surface area (Å²) in [5.41, 5.74) is 3.09. The third kappa shape index (κ3) is 1.93. The van der Waals surface area contributed by atoms with Crippen LogP contribution in [0.25, 0.3) is 0 Å². The van der Waals surface area contributed by atoms with Gasteiger partial charge in [0.1, 0.15) is 5.75 Å². The molecule has 0 amide bonds. The normalized spacial score (nSPS) is 20.3. The van der Waals surface area contributed by atoms with Crippen LogP contribution >= 0.6 is 0 Å². The monoisotopic (exact) mass is 285 g/mol. The van der Waals surface area contributed by atoms with Gasteiger partial charge in [-0.15, -0.1) is 0 Å². The largest absolute Gasteiger partial charge is 0.466 e. The molecule has 0 unspecified atom stereocenters. The summed E-state index contributed by atoms with van der Waals surface area (Å²) in [5.74, 6) is -0.839. The Labute approximate surface area is 122 Å². The van der Waals surface area contributed by atoms with E-state index < -0.39 is 17.9 Å². The molecular weight excluding hydrogens is 270 g/mol. The number of carbonyl (C=O) groups excluding carboxylic acids is 2. The van der Waals surface area contributed by atoms with Crippen LogP contribution in [-0.4, -0.2) is 19.0 Å². The molecule has 2 heterocycles. The predicted octanol–water partition coefficient (Wildman–Crippen LogP) is 2.01. The predicted molar refractivity (Wildman–Crippen MR) is 75.4 cm³/mol. The maximum Gasteiger partial charge on any atom is 0.342 e. The highest BCUT2D eigenvalue weighted by Crippen LogP contribution is 2.45. The van der Waals surface area contributed by atoms with Gasteiger partial charge in [-0.25, -0.2) is 9.59 Å². The van der Waals surface area contributed by atoms with Gasteiger partial charge in [0, 0.05) is 17.0 Å². The van der Waals surface area contributed by atoms with Crippen LogP contribution in [0.5, 0.6) is 5.75 Å². The molecule has 0 bridgehead atoms. The molecule has 1 aromatic carbocycles. The van der Waals surface area contributed by atoms with Crippen molar-refractivity contribution in [2.45, 2.75) is 19.8 Å². The summed E-state index contributed by atoms with van der Waals surface area (Å²) in [7, 11) is 1.33. The lowest BCUT2D eigenvalue weighted by Gasteiger charge is -2.33. The number of allylic oxidation sites excluding steroid dienone is 2. The number of ether oxygens (including phenoxy) is 2. The molecule has 0 saturated carbocycles. The number of fused-ring (bicyclic) bond motifs is 3. The quantitative estimate of drug-likeness (QED) is 0.631. The lowest BCUT2D eigenvalue weighted by molar-refractivity contribution is -0.136. The fraction of sp³-hybridized carbons (Fsp3) is 0.250. The van der Waals surface area contributed by atoms with Gasteiger partial charge in [0.2, 0.25) is 0 Å². The number of hydrogen-bond acceptors (Lipinski definition) is 5. The highest BCUT2D eigenvalue weighted by Gasteiger charge is 2.42. The average Bonchev–Trinajstić information content (AvgIpc) is 2.46. The van der Waals surface area contributed by atoms with Gasteiger partial charge >= 0.3 is 11.9 Å². The zero-order valence-corrected chi connectivity index (χ0v) is 12.0. The Bertz CT molecular complexity index is 715. The van der Waals surface area contributed by atoms with Crippen LogP contribution < -0.4 is 10.1 Å². The highest BCUT2D eigenvalue weighted by atomic mass is 16.5. The summed E-state index contributed by atoms with van der Waals surface area (Å²) < 4.78 is 10.2. The fourth-order valence-corrected chi connectivity index (χ4v) is 2.92. The van der Waals surface area contributed by atoms with Gasteiger partial charge in [-0.1, -0.05) is 18.2 Å². The number of hydrogen-bond donors (Lipinski definition) is 1. The van der Waals surface area contributed by atoms with E-state index in [0.29, 0.717) is 28.3 Å². The second-order valence-corrected chi connectivity index (χ2v) is 5.05. The number of para-hydroxylation sites is 1. The molecule has 3 rings (SSSR count). The molecule has 1 N–H and O–H groups in total. The van der Waals surface area contributed by atoms with Crippen molar-refractivity contribution in [3.05, 3.63) is 52.4 Å². The highest BCUT2D eigenvalue weighted by molar-refractivity contribution is 6.02. The van der Waals surface area contributed by atoms with Crippen LogP contribution in [0, 0.1) is 0 Å². The van der Waals surface area contributed by atoms with Gasteiger partial charge < -0.3 is 14.8 Å². The van der Waals surface area contributed by atoms with E-state index in [0.717, 1.165) is 5.56 Å². The summed E-state index contributed by atoms with van der Waals surface area (Å²) >= 11 is 0. The van der Waals surface area contributed by atoms with Crippen LogP contribution in [0.2, 0.25) is 0 Å². The minimum atomic E-state index is -0.448. The van der Waals surface area contributed by atoms with Crippen molar-refractivity contribution < 1.29 is 19.1 Å². The molecule has 0 spiro atoms. The van der Waals surface area contributed by atoms with Gasteiger partial charge in [-0.05, 0) is 19.9 Å². The SMILES string of the molecule is COC(=O)C1=C(C)NC(C)=C2C(=O)Oc3ccccc3[C@H]12. The maximum atomic E-state index is 12.3. The minimum Gasteiger partial charge on any atom is -0.466 e. The van der Waals surface area contributed by atoms with Gasteiger partial charge in [0.15, 0.2) is 0 Å². The minimum absolute atomic E-state index is 0.433. The second-order valence-electron chi connectivity index (χ2n) is 5.05. The first kappa shape index (κ1) is 13.4. The van der Waals surface area contributed by atoms with Gasteiger partial charge in [0.05, 0.1) is 24.2 Å². The van der Waals surface area contributed by atoms with Crippen LogP contribution in [0.4, 0.5) is 0 Å². The van der Waals surface area contributed by atoms with Crippen molar-refractivity contribution >= 4 is 11.9 Å². The van der Waals surface area contributed by atoms with E-state index in [1.165, 1.54) is 7.11 Å².